The number of halogens is 6. The lowest BCUT2D eigenvalue weighted by molar-refractivity contribution is -0.123. The number of aryl methyl sites for hydroxylation is 4. The van der Waals surface area contributed by atoms with Gasteiger partial charge in [-0.3, -0.25) is 57.3 Å². The first-order valence-corrected chi connectivity index (χ1v) is 47.7. The maximum absolute atomic E-state index is 15.1. The van der Waals surface area contributed by atoms with E-state index in [1.54, 1.807) is 69.2 Å². The molecule has 146 heavy (non-hydrogen) atoms. The van der Waals surface area contributed by atoms with Gasteiger partial charge in [-0.05, 0) is 140 Å². The van der Waals surface area contributed by atoms with E-state index in [-0.39, 0.29) is 69.1 Å². The van der Waals surface area contributed by atoms with Gasteiger partial charge < -0.3 is 60.0 Å². The molecule has 756 valence electrons. The Kier molecular flexibility index (Phi) is 34.5. The largest absolute Gasteiger partial charge is 0.343 e. The summed E-state index contributed by atoms with van der Waals surface area (Å²) >= 11 is 0. The molecule has 6 aromatic carbocycles. The lowest BCUT2D eigenvalue weighted by Crippen LogP contribution is -2.43. The van der Waals surface area contributed by atoms with Gasteiger partial charge in [0.05, 0.1) is 83.6 Å². The molecule has 0 aliphatic carbocycles. The number of aromatic nitrogens is 9. The molecular weight excluding hydrogens is 1970 g/mol. The molecule has 0 bridgehead atoms. The molecule has 0 saturated heterocycles. The summed E-state index contributed by atoms with van der Waals surface area (Å²) in [6.45, 7) is 18.4. The standard InChI is InChI=1S/2C32H31BF2N6O7S.C31H29BF2N6O7S/c1-17-16-40(5)31(46)41(29(17)44)26-11-6-18(15-36-26)12-25(27(33)42)38-28(43)21-13-23(35)24(14-22(21)34)39-49(47,48)20-9-7-19(8-10-20)37-30(45)32(2,3)4;1-17-12-27(42)41(31(46)40(17)5)26-11-6-18(16-36-26)13-25(28(33)43)38-29(44)21-14-23(35)24(15-22(21)34)39-49(47,48)20-9-7-19(8-10-20)37-30(45)32(2,3)4;1-31(2,3)29(44)36-18-6-8-19(9-7-18)48(46,47)38-23-15-21(33)20(14-22(23)34)28(43)37-24(27(32)42)13-17-5-10-25(35-16-17)40-26(41)11-12-39(4)30(40)45/h6-11,13-16,25,39H,12H2,1-5H3,(H,37,45)(H,38,43);6-12,14-16,25,39H,13H2,1-5H3,(H,37,45)(H,38,44);5-12,14-16,24,38H,13H2,1-4H3,(H,36,44)(H,37,43)/t2*25-;24-/m000/s1. The molecule has 0 saturated carbocycles. The number of carbonyl (C=O) groups is 9. The van der Waals surface area contributed by atoms with Gasteiger partial charge in [0.25, 0.3) is 64.5 Å². The van der Waals surface area contributed by atoms with E-state index in [0.717, 1.165) is 50.1 Å². The third-order valence-corrected chi connectivity index (χ3v) is 25.6. The number of amides is 6. The van der Waals surface area contributed by atoms with Gasteiger partial charge in [0.2, 0.25) is 17.7 Å². The first-order chi connectivity index (χ1) is 67.9. The molecule has 0 aliphatic heterocycles. The average molecular weight is 2060 g/mol. The minimum atomic E-state index is -4.43. The van der Waals surface area contributed by atoms with Gasteiger partial charge in [-0.1, -0.05) is 80.5 Å². The maximum atomic E-state index is 15.1. The Morgan fingerprint density at radius 2 is 0.651 bits per heavy atom. The zero-order valence-electron chi connectivity index (χ0n) is 80.1. The minimum Gasteiger partial charge on any atom is -0.343 e. The molecule has 6 radical (unpaired) electrons. The second-order valence-electron chi connectivity index (χ2n) is 35.9. The summed E-state index contributed by atoms with van der Waals surface area (Å²) in [4.78, 5) is 197. The zero-order chi connectivity index (χ0) is 108. The fourth-order valence-corrected chi connectivity index (χ4v) is 16.1. The van der Waals surface area contributed by atoms with E-state index < -0.39 is 202 Å². The summed E-state index contributed by atoms with van der Waals surface area (Å²) < 4.78 is 179. The molecule has 51 heteroatoms. The van der Waals surface area contributed by atoms with Crippen LogP contribution in [0.15, 0.2) is 232 Å². The predicted molar refractivity (Wildman–Crippen MR) is 527 cm³/mol. The Morgan fingerprint density at radius 3 is 0.932 bits per heavy atom. The molecule has 3 atom stereocenters. The van der Waals surface area contributed by atoms with Crippen molar-refractivity contribution < 1.29 is 94.7 Å². The Labute approximate surface area is 832 Å². The highest BCUT2D eigenvalue weighted by Gasteiger charge is 2.32. The monoisotopic (exact) mass is 2060 g/mol. The summed E-state index contributed by atoms with van der Waals surface area (Å²) in [6.07, 6.45) is 5.71. The van der Waals surface area contributed by atoms with Gasteiger partial charge in [-0.15, -0.1) is 0 Å². The van der Waals surface area contributed by atoms with Crippen molar-refractivity contribution in [3.63, 3.8) is 0 Å². The highest BCUT2D eigenvalue weighted by Crippen LogP contribution is 2.31. The molecular formula is C95H91B3F6N18O21S3. The van der Waals surface area contributed by atoms with Crippen LogP contribution in [0, 0.1) is 65.0 Å². The average Bonchev–Trinajstić information content (AvgIpc) is 0.802. The molecule has 12 rings (SSSR count). The number of carbonyl (C=O) groups excluding carboxylic acids is 9. The summed E-state index contributed by atoms with van der Waals surface area (Å²) in [6, 6.07) is 24.2. The molecule has 0 aliphatic rings. The number of rotatable bonds is 30. The van der Waals surface area contributed by atoms with Crippen molar-refractivity contribution in [3.05, 3.63) is 331 Å². The topological polar surface area (TPSA) is 535 Å². The first-order valence-electron chi connectivity index (χ1n) is 43.3. The Hall–Kier alpha value is -16.3. The molecule has 6 aromatic heterocycles. The molecule has 6 amide bonds. The fourth-order valence-electron chi connectivity index (χ4n) is 13.0. The number of benzene rings is 6. The molecule has 0 spiro atoms. The second-order valence-corrected chi connectivity index (χ2v) is 41.0. The number of pyridine rings is 3. The van der Waals surface area contributed by atoms with E-state index in [0.29, 0.717) is 81.4 Å². The molecule has 6 heterocycles. The predicted octanol–water partition coefficient (Wildman–Crippen LogP) is 6.71. The van der Waals surface area contributed by atoms with Crippen LogP contribution in [-0.4, -0.2) is 162 Å². The van der Waals surface area contributed by atoms with Crippen molar-refractivity contribution in [1.29, 1.82) is 0 Å². The van der Waals surface area contributed by atoms with Gasteiger partial charge >= 0.3 is 17.1 Å². The third kappa shape index (κ3) is 27.8. The van der Waals surface area contributed by atoms with Crippen molar-refractivity contribution in [1.82, 2.24) is 58.3 Å². The van der Waals surface area contributed by atoms with Crippen LogP contribution in [0.3, 0.4) is 0 Å². The summed E-state index contributed by atoms with van der Waals surface area (Å²) in [5.74, 6) is -12.4. The summed E-state index contributed by atoms with van der Waals surface area (Å²) in [5.41, 5.74) is -11.0. The first kappa shape index (κ1) is 112. The summed E-state index contributed by atoms with van der Waals surface area (Å²) in [5, 5.41) is 14.6. The van der Waals surface area contributed by atoms with Crippen LogP contribution in [0.5, 0.6) is 0 Å². The SMILES string of the molecule is [B]C(=O)[C@H](Cc1ccc(-n2c(=O)c(C)cn(C)c2=O)nc1)NC(=O)c1cc(F)c(NS(=O)(=O)c2ccc(NC(=O)C(C)(C)C)cc2)cc1F.[B]C(=O)[C@H](Cc1ccc(-n2c(=O)cc(C)n(C)c2=O)nc1)NC(=O)c1cc(F)c(NS(=O)(=O)c2ccc(NC(=O)C(C)(C)C)cc2)cc1F.[B]C(=O)[C@H](Cc1ccc(-n2c(=O)ccn(C)c2=O)nc1)NC(=O)c1cc(F)c(NS(=O)(=O)c2ccc(NC(=O)C(C)(C)C)cc2)cc1F. The highest BCUT2D eigenvalue weighted by molar-refractivity contribution is 7.93. The van der Waals surface area contributed by atoms with Crippen LogP contribution in [0.4, 0.5) is 60.5 Å². The number of nitrogens with zero attached hydrogens (tertiary/aromatic N) is 9. The quantitative estimate of drug-likeness (QED) is 0.0167. The fraction of sp³-hybridized carbons (Fsp3) is 0.242. The highest BCUT2D eigenvalue weighted by atomic mass is 32.2. The Morgan fingerprint density at radius 1 is 0.363 bits per heavy atom. The van der Waals surface area contributed by atoms with Crippen molar-refractivity contribution in [2.45, 2.75) is 128 Å². The number of nitrogens with one attached hydrogen (secondary N) is 9. The van der Waals surface area contributed by atoms with Gasteiger partial charge in [0.15, 0.2) is 23.5 Å². The van der Waals surface area contributed by atoms with Crippen LogP contribution < -0.4 is 79.8 Å². The minimum absolute atomic E-state index is 0.000481. The molecule has 39 nitrogen and oxygen atoms in total. The van der Waals surface area contributed by atoms with Gasteiger partial charge in [0.1, 0.15) is 52.4 Å². The second kappa shape index (κ2) is 45.1. The van der Waals surface area contributed by atoms with E-state index in [9.17, 15) is 102 Å². The maximum Gasteiger partial charge on any atom is 0.336 e. The van der Waals surface area contributed by atoms with Crippen LogP contribution in [0.1, 0.15) is 121 Å². The van der Waals surface area contributed by atoms with Crippen LogP contribution >= 0.6 is 0 Å². The van der Waals surface area contributed by atoms with Gasteiger partial charge in [0, 0.05) is 146 Å². The molecule has 12 aromatic rings. The lowest BCUT2D eigenvalue weighted by Gasteiger charge is -2.18. The summed E-state index contributed by atoms with van der Waals surface area (Å²) in [7, 11) is 7.44. The number of hydrogen-bond acceptors (Lipinski definition) is 24. The third-order valence-electron chi connectivity index (χ3n) is 21.5. The van der Waals surface area contributed by atoms with Crippen LogP contribution in [-0.2, 0) is 99.2 Å². The number of sulfonamides is 3. The Bertz CT molecular complexity index is 7930. The van der Waals surface area contributed by atoms with Crippen molar-refractivity contribution in [3.8, 4) is 17.5 Å². The number of anilines is 6. The van der Waals surface area contributed by atoms with Gasteiger partial charge in [-0.2, -0.15) is 0 Å². The van der Waals surface area contributed by atoms with Gasteiger partial charge in [-0.25, -0.2) is 94.6 Å². The lowest BCUT2D eigenvalue weighted by atomic mass is 9.90. The van der Waals surface area contributed by atoms with E-state index in [1.807, 2.05) is 14.2 Å². The van der Waals surface area contributed by atoms with Crippen LogP contribution in [0.25, 0.3) is 17.5 Å². The van der Waals surface area contributed by atoms with Crippen molar-refractivity contribution in [2.75, 3.05) is 30.1 Å². The van der Waals surface area contributed by atoms with E-state index >= 15 is 22.0 Å². The Balaban J connectivity index is 0.000000224. The zero-order valence-corrected chi connectivity index (χ0v) is 82.5. The van der Waals surface area contributed by atoms with Crippen LogP contribution in [0.2, 0.25) is 0 Å². The van der Waals surface area contributed by atoms with Crippen molar-refractivity contribution >= 4 is 140 Å². The van der Waals surface area contributed by atoms with E-state index in [4.69, 9.17) is 23.5 Å². The van der Waals surface area contributed by atoms with E-state index in [1.165, 1.54) is 158 Å². The molecule has 0 fully saturated rings. The molecule has 0 unspecified atom stereocenters. The van der Waals surface area contributed by atoms with E-state index in [2.05, 4.69) is 46.9 Å². The number of hydrogen-bond donors (Lipinski definition) is 9. The van der Waals surface area contributed by atoms with Crippen molar-refractivity contribution in [2.24, 2.45) is 37.4 Å². The normalized spacial score (nSPS) is 12.2. The molecule has 9 N–H and O–H groups in total. The smallest absolute Gasteiger partial charge is 0.336 e.